The van der Waals surface area contributed by atoms with E-state index in [0.717, 1.165) is 86.3 Å². The zero-order valence-corrected chi connectivity index (χ0v) is 87.4. The Hall–Kier alpha value is -7.58. The Labute approximate surface area is 766 Å². The lowest BCUT2D eigenvalue weighted by Crippen LogP contribution is -2.31. The highest BCUT2D eigenvalue weighted by molar-refractivity contribution is 5.76. The van der Waals surface area contributed by atoms with Gasteiger partial charge in [0.1, 0.15) is 29.1 Å². The van der Waals surface area contributed by atoms with Gasteiger partial charge in [-0.1, -0.05) is 304 Å². The molecule has 0 spiro atoms. The maximum Gasteiger partial charge on any atom is 0.224 e. The summed E-state index contributed by atoms with van der Waals surface area (Å²) in [6.07, 6.45) is 31.9. The second kappa shape index (κ2) is 95.7. The Morgan fingerprint density at radius 2 is 0.492 bits per heavy atom. The van der Waals surface area contributed by atoms with Gasteiger partial charge in [0, 0.05) is 166 Å². The molecule has 15 radical (unpaired) electrons. The van der Waals surface area contributed by atoms with Crippen molar-refractivity contribution in [1.82, 2.24) is 49.8 Å². The van der Waals surface area contributed by atoms with Crippen molar-refractivity contribution in [3.63, 3.8) is 0 Å². The van der Waals surface area contributed by atoms with Crippen molar-refractivity contribution in [2.24, 2.45) is 47.3 Å². The van der Waals surface area contributed by atoms with E-state index in [1.54, 1.807) is 6.20 Å². The molecule has 12 atom stereocenters. The monoisotopic (exact) mass is 1690 g/mol. The molecule has 0 amide bonds. The second-order valence-corrected chi connectivity index (χ2v) is 24.8. The standard InChI is InChI=1S/2C14H20N4.2C13H22N4.C13H16N4.15C2H6.5B/c2*1-8-7-16-14(15-3)18-13(8)17-12-9(2)10-4-5-11(12)6-10;3*1-9-6-4-5-7-11(9)16-12-10(2)8-15-13(14-3)17-12;15*1-2;;;;;/h2*4-5,7,9-12H,6H2,1-3H3,(H2,15,16,17,18);2*8-9,11H,4-7H2,1-3H3,(H2,14,15,16,17);4-8H,1-3H3,(H2,14,15,16,17);15*1-2H3;;;;;. The van der Waals surface area contributed by atoms with Crippen LogP contribution < -0.4 is 53.2 Å². The van der Waals surface area contributed by atoms with Crippen LogP contribution in [0.15, 0.2) is 79.6 Å². The summed E-state index contributed by atoms with van der Waals surface area (Å²) in [4.78, 5) is 43.4. The van der Waals surface area contributed by atoms with Crippen LogP contribution in [0.4, 0.5) is 64.5 Å². The smallest absolute Gasteiger partial charge is 0.224 e. The Kier molecular flexibility index (Phi) is 112. The fraction of sp³-hybridized carbons (Fsp3) is 0.691. The second-order valence-electron chi connectivity index (χ2n) is 24.8. The molecular weight excluding hydrogens is 1500 g/mol. The molecule has 5 heterocycles. The maximum absolute atomic E-state index is 4.51. The van der Waals surface area contributed by atoms with E-state index in [-0.39, 0.29) is 42.1 Å². The molecule has 0 saturated heterocycles. The summed E-state index contributed by atoms with van der Waals surface area (Å²) in [6, 6.07) is 10.3. The number of nitrogens with zero attached hydrogens (tertiary/aromatic N) is 10. The average molecular weight is 1690 g/mol. The number of aryl methyl sites for hydroxylation is 6. The lowest BCUT2D eigenvalue weighted by Gasteiger charge is -2.30. The normalized spacial score (nSPS) is 18.6. The van der Waals surface area contributed by atoms with Gasteiger partial charge >= 0.3 is 0 Å². The molecule has 25 heteroatoms. The molecule has 6 aliphatic carbocycles. The van der Waals surface area contributed by atoms with E-state index in [0.29, 0.717) is 77.6 Å². The molecule has 122 heavy (non-hydrogen) atoms. The van der Waals surface area contributed by atoms with Gasteiger partial charge in [-0.2, -0.15) is 24.9 Å². The van der Waals surface area contributed by atoms with E-state index in [9.17, 15) is 0 Å². The van der Waals surface area contributed by atoms with Crippen LogP contribution in [0.3, 0.4) is 0 Å². The van der Waals surface area contributed by atoms with Crippen LogP contribution in [0.1, 0.15) is 333 Å². The lowest BCUT2D eigenvalue weighted by atomic mass is 9.86. The number of aromatic nitrogens is 10. The Balaban J connectivity index is -0.000000101. The van der Waals surface area contributed by atoms with Gasteiger partial charge in [0.15, 0.2) is 0 Å². The van der Waals surface area contributed by atoms with Crippen molar-refractivity contribution < 1.29 is 0 Å². The predicted molar refractivity (Wildman–Crippen MR) is 560 cm³/mol. The number of allylic oxidation sites excluding steroid dienone is 2. The Morgan fingerprint density at radius 3 is 0.721 bits per heavy atom. The van der Waals surface area contributed by atoms with Crippen molar-refractivity contribution in [3.05, 3.63) is 113 Å². The van der Waals surface area contributed by atoms with E-state index in [4.69, 9.17) is 0 Å². The molecule has 20 nitrogen and oxygen atoms in total. The molecule has 4 saturated carbocycles. The third kappa shape index (κ3) is 52.9. The first kappa shape index (κ1) is 143. The average Bonchev–Trinajstić information content (AvgIpc) is 1.64. The number of nitrogens with one attached hydrogen (secondary N) is 10. The molecular formula is C97H190B5N20. The summed E-state index contributed by atoms with van der Waals surface area (Å²) >= 11 is 0. The molecule has 5 aromatic heterocycles. The van der Waals surface area contributed by atoms with E-state index < -0.39 is 0 Å². The molecule has 6 aliphatic rings. The summed E-state index contributed by atoms with van der Waals surface area (Å²) < 4.78 is 0. The van der Waals surface area contributed by atoms with Gasteiger partial charge in [-0.3, -0.25) is 0 Å². The number of hydrogen-bond donors (Lipinski definition) is 10. The van der Waals surface area contributed by atoms with Crippen molar-refractivity contribution in [3.8, 4) is 0 Å². The van der Waals surface area contributed by atoms with E-state index >= 15 is 0 Å². The Morgan fingerprint density at radius 1 is 0.270 bits per heavy atom. The van der Waals surface area contributed by atoms with Crippen LogP contribution in [-0.2, 0) is 0 Å². The van der Waals surface area contributed by atoms with Crippen LogP contribution in [0.25, 0.3) is 0 Å². The van der Waals surface area contributed by atoms with E-state index in [2.05, 4.69) is 196 Å². The zero-order chi connectivity index (χ0) is 92.1. The third-order valence-electron chi connectivity index (χ3n) is 18.6. The summed E-state index contributed by atoms with van der Waals surface area (Å²) in [6.45, 7) is 81.6. The molecule has 693 valence electrons. The van der Waals surface area contributed by atoms with Gasteiger partial charge in [0.05, 0.1) is 0 Å². The quantitative estimate of drug-likeness (QED) is 0.0339. The summed E-state index contributed by atoms with van der Waals surface area (Å²) in [7, 11) is 9.19. The number of anilines is 11. The van der Waals surface area contributed by atoms with Crippen LogP contribution in [0, 0.1) is 88.9 Å². The minimum absolute atomic E-state index is 0. The minimum atomic E-state index is 0. The summed E-state index contributed by atoms with van der Waals surface area (Å²) in [5.74, 6) is 13.7. The van der Waals surface area contributed by atoms with Gasteiger partial charge in [0.2, 0.25) is 29.7 Å². The van der Waals surface area contributed by atoms with Crippen LogP contribution in [0.5, 0.6) is 0 Å². The number of para-hydroxylation sites is 1. The highest BCUT2D eigenvalue weighted by atomic mass is 15.2. The molecule has 12 rings (SSSR count). The van der Waals surface area contributed by atoms with E-state index in [1.807, 2.05) is 293 Å². The zero-order valence-electron chi connectivity index (χ0n) is 87.4. The molecule has 10 N–H and O–H groups in total. The minimum Gasteiger partial charge on any atom is -0.367 e. The van der Waals surface area contributed by atoms with Crippen LogP contribution in [-0.4, -0.2) is 151 Å². The highest BCUT2D eigenvalue weighted by Gasteiger charge is 2.43. The molecule has 1 aromatic carbocycles. The largest absolute Gasteiger partial charge is 0.367 e. The molecule has 4 fully saturated rings. The number of hydrogen-bond acceptors (Lipinski definition) is 20. The van der Waals surface area contributed by atoms with Crippen LogP contribution >= 0.6 is 0 Å². The van der Waals surface area contributed by atoms with Gasteiger partial charge in [-0.15, -0.1) is 0 Å². The fourth-order valence-electron chi connectivity index (χ4n) is 12.7. The van der Waals surface area contributed by atoms with Crippen molar-refractivity contribution >= 4 is 107 Å². The van der Waals surface area contributed by atoms with Crippen molar-refractivity contribution in [2.45, 2.75) is 365 Å². The third-order valence-corrected chi connectivity index (χ3v) is 18.6. The molecule has 6 aromatic rings. The molecule has 12 unspecified atom stereocenters. The van der Waals surface area contributed by atoms with Gasteiger partial charge in [-0.05, 0) is 139 Å². The first-order valence-corrected chi connectivity index (χ1v) is 46.8. The number of rotatable bonds is 15. The lowest BCUT2D eigenvalue weighted by molar-refractivity contribution is 0.349. The first-order chi connectivity index (χ1) is 57.0. The van der Waals surface area contributed by atoms with Crippen molar-refractivity contribution in [2.75, 3.05) is 88.4 Å². The molecule has 0 aliphatic heterocycles. The Bertz CT molecular complexity index is 3100. The fourth-order valence-corrected chi connectivity index (χ4v) is 12.7. The predicted octanol–water partition coefficient (Wildman–Crippen LogP) is 26.9. The SMILES string of the molecule is CC.CC.CC.CC.CC.CC.CC.CC.CC.CC.CC.CC.CC.CC.CC.CNc1ncc(C)c(NC2C3C=CC(C3)C2C)n1.CNc1ncc(C)c(NC2C3C=CC(C3)C2C)n1.CNc1ncc(C)c(NC2CCCCC2C)n1.CNc1ncc(C)c(NC2CCCCC2C)n1.CNc1ncc(C)c(Nc2ccccc2C)n1.[B].[B].[B].[B].[B]. The van der Waals surface area contributed by atoms with Crippen molar-refractivity contribution in [1.29, 1.82) is 0 Å². The van der Waals surface area contributed by atoms with Crippen LogP contribution in [0.2, 0.25) is 0 Å². The van der Waals surface area contributed by atoms with Gasteiger partial charge in [0.25, 0.3) is 0 Å². The van der Waals surface area contributed by atoms with E-state index in [1.165, 1.54) is 69.8 Å². The number of fused-ring (bicyclic) bond motifs is 4. The van der Waals surface area contributed by atoms with Gasteiger partial charge < -0.3 is 53.2 Å². The maximum atomic E-state index is 4.51. The summed E-state index contributed by atoms with van der Waals surface area (Å²) in [5.41, 5.74) is 7.71. The topological polar surface area (TPSA) is 249 Å². The number of benzene rings is 1. The first-order valence-electron chi connectivity index (χ1n) is 46.8. The van der Waals surface area contributed by atoms with Gasteiger partial charge in [-0.25, -0.2) is 24.9 Å². The highest BCUT2D eigenvalue weighted by Crippen LogP contribution is 2.46. The summed E-state index contributed by atoms with van der Waals surface area (Å²) in [5, 5.41) is 32.6. The molecule has 4 bridgehead atoms.